The Morgan fingerprint density at radius 3 is 3.06 bits per heavy atom. The normalized spacial score (nSPS) is 14.1. The standard InChI is InChI=1S/C13H12N4/c1(6-17-7-5-14-10-17)2-12-8-13(11-3-4-11)16-9-15-12/h5,7-11H,3-4,6H2. The zero-order chi connectivity index (χ0) is 11.5. The van der Waals surface area contributed by atoms with Gasteiger partial charge in [0.25, 0.3) is 0 Å². The summed E-state index contributed by atoms with van der Waals surface area (Å²) < 4.78 is 1.93. The molecule has 0 bridgehead atoms. The van der Waals surface area contributed by atoms with Gasteiger partial charge in [-0.1, -0.05) is 5.92 Å². The van der Waals surface area contributed by atoms with Crippen LogP contribution in [0, 0.1) is 11.8 Å². The molecule has 1 aliphatic rings. The SMILES string of the molecule is C(#Cc1cc(C2CC2)ncn1)Cn1ccnc1. The Bertz CT molecular complexity index is 559. The van der Waals surface area contributed by atoms with Gasteiger partial charge in [0.05, 0.1) is 12.9 Å². The zero-order valence-electron chi connectivity index (χ0n) is 9.37. The van der Waals surface area contributed by atoms with Crippen LogP contribution in [0.3, 0.4) is 0 Å². The third-order valence-corrected chi connectivity index (χ3v) is 2.72. The van der Waals surface area contributed by atoms with E-state index < -0.39 is 0 Å². The molecule has 1 fully saturated rings. The molecule has 2 heterocycles. The lowest BCUT2D eigenvalue weighted by atomic mass is 10.2. The number of hydrogen-bond donors (Lipinski definition) is 0. The molecule has 0 aliphatic heterocycles. The molecule has 0 amide bonds. The van der Waals surface area contributed by atoms with Crippen molar-refractivity contribution in [3.63, 3.8) is 0 Å². The minimum absolute atomic E-state index is 0.642. The van der Waals surface area contributed by atoms with Crippen LogP contribution in [0.4, 0.5) is 0 Å². The lowest BCUT2D eigenvalue weighted by molar-refractivity contribution is 0.839. The van der Waals surface area contributed by atoms with Crippen molar-refractivity contribution in [2.75, 3.05) is 0 Å². The van der Waals surface area contributed by atoms with Gasteiger partial charge < -0.3 is 4.57 Å². The van der Waals surface area contributed by atoms with E-state index in [4.69, 9.17) is 0 Å². The van der Waals surface area contributed by atoms with Gasteiger partial charge in [0, 0.05) is 24.0 Å². The Kier molecular flexibility index (Phi) is 2.59. The van der Waals surface area contributed by atoms with E-state index in [1.165, 1.54) is 12.8 Å². The molecule has 2 aromatic rings. The fourth-order valence-corrected chi connectivity index (χ4v) is 1.64. The second-order valence-electron chi connectivity index (χ2n) is 4.14. The van der Waals surface area contributed by atoms with Crippen molar-refractivity contribution in [3.05, 3.63) is 42.5 Å². The zero-order valence-corrected chi connectivity index (χ0v) is 9.37. The molecular formula is C13H12N4. The predicted octanol–water partition coefficient (Wildman–Crippen LogP) is 1.60. The summed E-state index contributed by atoms with van der Waals surface area (Å²) in [5, 5.41) is 0. The largest absolute Gasteiger partial charge is 0.326 e. The summed E-state index contributed by atoms with van der Waals surface area (Å²) in [6.07, 6.45) is 9.50. The van der Waals surface area contributed by atoms with Crippen molar-refractivity contribution in [2.45, 2.75) is 25.3 Å². The summed E-state index contributed by atoms with van der Waals surface area (Å²) in [6, 6.07) is 2.00. The second kappa shape index (κ2) is 4.38. The third-order valence-electron chi connectivity index (χ3n) is 2.72. The first-order valence-electron chi connectivity index (χ1n) is 5.68. The summed E-state index contributed by atoms with van der Waals surface area (Å²) in [7, 11) is 0. The summed E-state index contributed by atoms with van der Waals surface area (Å²) in [4.78, 5) is 12.4. The molecule has 0 saturated heterocycles. The average Bonchev–Trinajstić information content (AvgIpc) is 3.09. The van der Waals surface area contributed by atoms with Crippen molar-refractivity contribution < 1.29 is 0 Å². The predicted molar refractivity (Wildman–Crippen MR) is 63.1 cm³/mol. The number of nitrogens with zero attached hydrogens (tertiary/aromatic N) is 4. The molecule has 0 unspecified atom stereocenters. The molecule has 84 valence electrons. The number of rotatable bonds is 2. The molecule has 0 spiro atoms. The minimum Gasteiger partial charge on any atom is -0.326 e. The Balaban J connectivity index is 1.71. The van der Waals surface area contributed by atoms with Crippen LogP contribution in [-0.2, 0) is 6.54 Å². The van der Waals surface area contributed by atoms with Crippen molar-refractivity contribution in [2.24, 2.45) is 0 Å². The average molecular weight is 224 g/mol. The van der Waals surface area contributed by atoms with Crippen LogP contribution in [0.1, 0.15) is 30.1 Å². The third kappa shape index (κ3) is 2.51. The van der Waals surface area contributed by atoms with Crippen molar-refractivity contribution >= 4 is 0 Å². The molecule has 3 rings (SSSR count). The minimum atomic E-state index is 0.642. The smallest absolute Gasteiger partial charge is 0.117 e. The van der Waals surface area contributed by atoms with Crippen molar-refractivity contribution in [1.29, 1.82) is 0 Å². The fourth-order valence-electron chi connectivity index (χ4n) is 1.64. The highest BCUT2D eigenvalue weighted by Crippen LogP contribution is 2.38. The van der Waals surface area contributed by atoms with Crippen LogP contribution < -0.4 is 0 Å². The van der Waals surface area contributed by atoms with Crippen LogP contribution in [0.15, 0.2) is 31.1 Å². The number of imidazole rings is 1. The summed E-state index contributed by atoms with van der Waals surface area (Å²) in [6.45, 7) is 0.642. The maximum absolute atomic E-state index is 4.27. The van der Waals surface area contributed by atoms with Gasteiger partial charge in [0.1, 0.15) is 12.0 Å². The molecule has 4 nitrogen and oxygen atoms in total. The van der Waals surface area contributed by atoms with Gasteiger partial charge in [-0.2, -0.15) is 0 Å². The molecule has 17 heavy (non-hydrogen) atoms. The van der Waals surface area contributed by atoms with Gasteiger partial charge in [0.15, 0.2) is 0 Å². The lowest BCUT2D eigenvalue weighted by Gasteiger charge is -1.96. The monoisotopic (exact) mass is 224 g/mol. The molecule has 4 heteroatoms. The molecule has 1 aliphatic carbocycles. The van der Waals surface area contributed by atoms with Gasteiger partial charge in [0.2, 0.25) is 0 Å². The van der Waals surface area contributed by atoms with Crippen LogP contribution in [0.25, 0.3) is 0 Å². The van der Waals surface area contributed by atoms with E-state index in [1.54, 1.807) is 18.9 Å². The van der Waals surface area contributed by atoms with Gasteiger partial charge in [-0.25, -0.2) is 15.0 Å². The van der Waals surface area contributed by atoms with E-state index in [0.717, 1.165) is 11.4 Å². The van der Waals surface area contributed by atoms with Gasteiger partial charge in [-0.15, -0.1) is 0 Å². The maximum atomic E-state index is 4.27. The van der Waals surface area contributed by atoms with Gasteiger partial charge >= 0.3 is 0 Å². The summed E-state index contributed by atoms with van der Waals surface area (Å²) in [5.74, 6) is 6.78. The van der Waals surface area contributed by atoms with Gasteiger partial charge in [-0.05, 0) is 24.8 Å². The maximum Gasteiger partial charge on any atom is 0.117 e. The number of hydrogen-bond acceptors (Lipinski definition) is 3. The first-order valence-corrected chi connectivity index (χ1v) is 5.68. The number of aromatic nitrogens is 4. The van der Waals surface area contributed by atoms with Crippen molar-refractivity contribution in [3.8, 4) is 11.8 Å². The first-order chi connectivity index (χ1) is 8.42. The van der Waals surface area contributed by atoms with Crippen molar-refractivity contribution in [1.82, 2.24) is 19.5 Å². The lowest BCUT2D eigenvalue weighted by Crippen LogP contribution is -1.93. The fraction of sp³-hybridized carbons (Fsp3) is 0.308. The highest BCUT2D eigenvalue weighted by atomic mass is 15.0. The van der Waals surface area contributed by atoms with E-state index in [-0.39, 0.29) is 0 Å². The molecule has 0 atom stereocenters. The molecule has 0 aromatic carbocycles. The molecular weight excluding hydrogens is 212 g/mol. The van der Waals surface area contributed by atoms with Crippen LogP contribution >= 0.6 is 0 Å². The first kappa shape index (κ1) is 10.0. The molecule has 2 aromatic heterocycles. The topological polar surface area (TPSA) is 43.6 Å². The Morgan fingerprint density at radius 1 is 1.35 bits per heavy atom. The van der Waals surface area contributed by atoms with Crippen LogP contribution in [0.5, 0.6) is 0 Å². The second-order valence-corrected chi connectivity index (χ2v) is 4.14. The highest BCUT2D eigenvalue weighted by molar-refractivity contribution is 5.30. The summed E-state index contributed by atoms with van der Waals surface area (Å²) >= 11 is 0. The molecule has 0 N–H and O–H groups in total. The Morgan fingerprint density at radius 2 is 2.29 bits per heavy atom. The quantitative estimate of drug-likeness (QED) is 0.728. The molecule has 1 saturated carbocycles. The van der Waals surface area contributed by atoms with E-state index in [2.05, 4.69) is 26.8 Å². The Labute approximate surface area is 99.7 Å². The van der Waals surface area contributed by atoms with Crippen LogP contribution in [0.2, 0.25) is 0 Å². The van der Waals surface area contributed by atoms with E-state index in [9.17, 15) is 0 Å². The van der Waals surface area contributed by atoms with E-state index in [0.29, 0.717) is 12.5 Å². The highest BCUT2D eigenvalue weighted by Gasteiger charge is 2.24. The van der Waals surface area contributed by atoms with Crippen LogP contribution in [-0.4, -0.2) is 19.5 Å². The summed E-state index contributed by atoms with van der Waals surface area (Å²) in [5.41, 5.74) is 1.94. The molecule has 0 radical (unpaired) electrons. The Hall–Kier alpha value is -2.15. The van der Waals surface area contributed by atoms with E-state index in [1.807, 2.05) is 16.8 Å². The van der Waals surface area contributed by atoms with Gasteiger partial charge in [-0.3, -0.25) is 0 Å². The van der Waals surface area contributed by atoms with E-state index >= 15 is 0 Å².